The van der Waals surface area contributed by atoms with Gasteiger partial charge in [0.05, 0.1) is 18.7 Å². The molecule has 1 aliphatic carbocycles. The van der Waals surface area contributed by atoms with Crippen LogP contribution >= 0.6 is 0 Å². The van der Waals surface area contributed by atoms with Gasteiger partial charge in [-0.25, -0.2) is 9.18 Å². The predicted molar refractivity (Wildman–Crippen MR) is 79.3 cm³/mol. The third kappa shape index (κ3) is 4.17. The number of rotatable bonds is 5. The lowest BCUT2D eigenvalue weighted by Gasteiger charge is -2.26. The number of aliphatic hydroxyl groups is 1. The number of benzene rings is 1. The molecule has 2 rings (SSSR count). The summed E-state index contributed by atoms with van der Waals surface area (Å²) >= 11 is 0. The highest BCUT2D eigenvalue weighted by atomic mass is 19.1. The molecule has 0 spiro atoms. The fourth-order valence-corrected chi connectivity index (χ4v) is 2.92. The fraction of sp³-hybridized carbons (Fsp3) is 0.562. The van der Waals surface area contributed by atoms with Gasteiger partial charge in [0, 0.05) is 5.56 Å². The minimum Gasteiger partial charge on any atom is -0.394 e. The number of nitrogens with one attached hydrogen (secondary N) is 2. The standard InChI is InChI=1S/C16H23FN2O2/c1-11(10-20)18-16(21)19-15(12-6-2-3-7-12)13-8-4-5-9-14(13)17/h4-5,8-9,11-12,15,20H,2-3,6-7,10H2,1H3,(H2,18,19,21). The Kier molecular flexibility index (Phi) is 5.56. The summed E-state index contributed by atoms with van der Waals surface area (Å²) in [5.74, 6) is -0.0259. The monoisotopic (exact) mass is 294 g/mol. The van der Waals surface area contributed by atoms with E-state index in [1.54, 1.807) is 25.1 Å². The van der Waals surface area contributed by atoms with Crippen LogP contribution in [0.25, 0.3) is 0 Å². The number of carbonyl (C=O) groups is 1. The molecule has 0 aliphatic heterocycles. The lowest BCUT2D eigenvalue weighted by molar-refractivity contribution is 0.213. The van der Waals surface area contributed by atoms with Crippen LogP contribution in [-0.4, -0.2) is 23.8 Å². The zero-order valence-corrected chi connectivity index (χ0v) is 12.3. The molecule has 1 aromatic carbocycles. The van der Waals surface area contributed by atoms with Gasteiger partial charge in [-0.3, -0.25) is 0 Å². The molecule has 21 heavy (non-hydrogen) atoms. The van der Waals surface area contributed by atoms with E-state index in [9.17, 15) is 9.18 Å². The Bertz CT molecular complexity index is 475. The molecule has 116 valence electrons. The number of amides is 2. The highest BCUT2D eigenvalue weighted by Crippen LogP contribution is 2.36. The highest BCUT2D eigenvalue weighted by molar-refractivity contribution is 5.74. The quantitative estimate of drug-likeness (QED) is 0.782. The topological polar surface area (TPSA) is 61.4 Å². The van der Waals surface area contributed by atoms with Crippen LogP contribution in [0.2, 0.25) is 0 Å². The first kappa shape index (κ1) is 15.8. The summed E-state index contributed by atoms with van der Waals surface area (Å²) in [4.78, 5) is 12.0. The molecule has 4 nitrogen and oxygen atoms in total. The molecular formula is C16H23FN2O2. The molecule has 0 aromatic heterocycles. The Labute approximate surface area is 124 Å². The Balaban J connectivity index is 2.13. The number of aliphatic hydroxyl groups excluding tert-OH is 1. The lowest BCUT2D eigenvalue weighted by Crippen LogP contribution is -2.45. The van der Waals surface area contributed by atoms with Gasteiger partial charge in [-0.15, -0.1) is 0 Å². The minimum absolute atomic E-state index is 0.124. The highest BCUT2D eigenvalue weighted by Gasteiger charge is 2.29. The summed E-state index contributed by atoms with van der Waals surface area (Å²) in [5.41, 5.74) is 0.538. The van der Waals surface area contributed by atoms with Gasteiger partial charge < -0.3 is 15.7 Å². The number of halogens is 1. The molecule has 1 saturated carbocycles. The van der Waals surface area contributed by atoms with Gasteiger partial charge in [-0.2, -0.15) is 0 Å². The van der Waals surface area contributed by atoms with Crippen LogP contribution in [-0.2, 0) is 0 Å². The fourth-order valence-electron chi connectivity index (χ4n) is 2.92. The molecule has 2 amide bonds. The second-order valence-corrected chi connectivity index (χ2v) is 5.75. The number of hydrogen-bond donors (Lipinski definition) is 3. The van der Waals surface area contributed by atoms with E-state index in [2.05, 4.69) is 10.6 Å². The summed E-state index contributed by atoms with van der Waals surface area (Å²) in [6, 6.07) is 5.59. The summed E-state index contributed by atoms with van der Waals surface area (Å²) in [7, 11) is 0. The molecule has 1 aliphatic rings. The Morgan fingerprint density at radius 2 is 2.00 bits per heavy atom. The first-order valence-electron chi connectivity index (χ1n) is 7.54. The first-order valence-corrected chi connectivity index (χ1v) is 7.54. The van der Waals surface area contributed by atoms with Gasteiger partial charge in [-0.05, 0) is 31.7 Å². The van der Waals surface area contributed by atoms with Crippen LogP contribution < -0.4 is 10.6 Å². The largest absolute Gasteiger partial charge is 0.394 e. The van der Waals surface area contributed by atoms with Crippen molar-refractivity contribution in [1.82, 2.24) is 10.6 Å². The zero-order valence-electron chi connectivity index (χ0n) is 12.3. The molecule has 2 atom stereocenters. The second-order valence-electron chi connectivity index (χ2n) is 5.75. The van der Waals surface area contributed by atoms with E-state index in [-0.39, 0.29) is 36.5 Å². The van der Waals surface area contributed by atoms with Crippen molar-refractivity contribution in [1.29, 1.82) is 0 Å². The van der Waals surface area contributed by atoms with E-state index >= 15 is 0 Å². The molecule has 0 radical (unpaired) electrons. The van der Waals surface area contributed by atoms with E-state index < -0.39 is 0 Å². The van der Waals surface area contributed by atoms with E-state index in [0.717, 1.165) is 25.7 Å². The predicted octanol–water partition coefficient (Wildman–Crippen LogP) is 2.74. The van der Waals surface area contributed by atoms with Crippen molar-refractivity contribution in [3.63, 3.8) is 0 Å². The molecule has 0 bridgehead atoms. The normalized spacial score (nSPS) is 18.2. The Morgan fingerprint density at radius 3 is 2.62 bits per heavy atom. The van der Waals surface area contributed by atoms with Crippen LogP contribution in [0.15, 0.2) is 24.3 Å². The molecule has 0 saturated heterocycles. The van der Waals surface area contributed by atoms with Gasteiger partial charge in [0.1, 0.15) is 5.82 Å². The van der Waals surface area contributed by atoms with Gasteiger partial charge in [0.2, 0.25) is 0 Å². The smallest absolute Gasteiger partial charge is 0.315 e. The minimum atomic E-state index is -0.364. The Morgan fingerprint density at radius 1 is 1.33 bits per heavy atom. The molecule has 0 heterocycles. The lowest BCUT2D eigenvalue weighted by atomic mass is 9.91. The molecule has 3 N–H and O–H groups in total. The van der Waals surface area contributed by atoms with Crippen molar-refractivity contribution >= 4 is 6.03 Å². The van der Waals surface area contributed by atoms with Crippen molar-refractivity contribution in [2.75, 3.05) is 6.61 Å². The molecule has 2 unspecified atom stereocenters. The summed E-state index contributed by atoms with van der Waals surface area (Å²) in [5, 5.41) is 14.5. The average Bonchev–Trinajstić information content (AvgIpc) is 2.99. The van der Waals surface area contributed by atoms with Crippen LogP contribution in [0, 0.1) is 11.7 Å². The molecular weight excluding hydrogens is 271 g/mol. The Hall–Kier alpha value is -1.62. The first-order chi connectivity index (χ1) is 10.1. The van der Waals surface area contributed by atoms with Crippen molar-refractivity contribution in [2.45, 2.75) is 44.7 Å². The summed E-state index contributed by atoms with van der Waals surface area (Å²) in [6.07, 6.45) is 4.22. The number of hydrogen-bond acceptors (Lipinski definition) is 2. The van der Waals surface area contributed by atoms with Crippen molar-refractivity contribution in [2.24, 2.45) is 5.92 Å². The van der Waals surface area contributed by atoms with Crippen molar-refractivity contribution < 1.29 is 14.3 Å². The van der Waals surface area contributed by atoms with Gasteiger partial charge in [-0.1, -0.05) is 31.0 Å². The van der Waals surface area contributed by atoms with Gasteiger partial charge >= 0.3 is 6.03 Å². The van der Waals surface area contributed by atoms with Gasteiger partial charge in [0.25, 0.3) is 0 Å². The van der Waals surface area contributed by atoms with E-state index in [1.807, 2.05) is 0 Å². The molecule has 5 heteroatoms. The zero-order chi connectivity index (χ0) is 15.2. The van der Waals surface area contributed by atoms with E-state index in [1.165, 1.54) is 6.07 Å². The van der Waals surface area contributed by atoms with Crippen LogP contribution in [0.4, 0.5) is 9.18 Å². The number of carbonyl (C=O) groups excluding carboxylic acids is 1. The van der Waals surface area contributed by atoms with Crippen molar-refractivity contribution in [3.8, 4) is 0 Å². The summed E-state index contributed by atoms with van der Waals surface area (Å²) in [6.45, 7) is 1.59. The van der Waals surface area contributed by atoms with Crippen LogP contribution in [0.1, 0.15) is 44.2 Å². The van der Waals surface area contributed by atoms with Crippen LogP contribution in [0.5, 0.6) is 0 Å². The maximum absolute atomic E-state index is 14.1. The maximum Gasteiger partial charge on any atom is 0.315 e. The summed E-state index contributed by atoms with van der Waals surface area (Å²) < 4.78 is 14.1. The van der Waals surface area contributed by atoms with Crippen molar-refractivity contribution in [3.05, 3.63) is 35.6 Å². The third-order valence-corrected chi connectivity index (χ3v) is 4.05. The van der Waals surface area contributed by atoms with Crippen LogP contribution in [0.3, 0.4) is 0 Å². The van der Waals surface area contributed by atoms with E-state index in [4.69, 9.17) is 5.11 Å². The van der Waals surface area contributed by atoms with E-state index in [0.29, 0.717) is 5.56 Å². The molecule has 1 fully saturated rings. The molecule has 1 aromatic rings. The SMILES string of the molecule is CC(CO)NC(=O)NC(c1ccccc1F)C1CCCC1. The maximum atomic E-state index is 14.1. The van der Waals surface area contributed by atoms with Gasteiger partial charge in [0.15, 0.2) is 0 Å². The third-order valence-electron chi connectivity index (χ3n) is 4.05. The number of urea groups is 1. The average molecular weight is 294 g/mol. The second kappa shape index (κ2) is 7.41.